The van der Waals surface area contributed by atoms with Crippen LogP contribution in [-0.2, 0) is 6.42 Å². The van der Waals surface area contributed by atoms with E-state index in [-0.39, 0.29) is 17.7 Å². The Morgan fingerprint density at radius 1 is 1.47 bits per heavy atom. The zero-order chi connectivity index (χ0) is 11.4. The summed E-state index contributed by atoms with van der Waals surface area (Å²) in [5.74, 6) is 0. The standard InChI is InChI=1S/C9H4F2IN3/c10-9(11)8-6(1-2-13)7(12)3-5(4-14)15-8/h3,9H,1H2. The molecule has 0 atom stereocenters. The highest BCUT2D eigenvalue weighted by molar-refractivity contribution is 14.1. The number of pyridine rings is 1. The summed E-state index contributed by atoms with van der Waals surface area (Å²) < 4.78 is 25.6. The van der Waals surface area contributed by atoms with E-state index in [0.29, 0.717) is 3.57 Å². The lowest BCUT2D eigenvalue weighted by molar-refractivity contribution is 0.145. The van der Waals surface area contributed by atoms with Crippen LogP contribution in [0.5, 0.6) is 0 Å². The van der Waals surface area contributed by atoms with E-state index >= 15 is 0 Å². The molecular weight excluding hydrogens is 315 g/mol. The Hall–Kier alpha value is -1.28. The van der Waals surface area contributed by atoms with Crippen molar-refractivity contribution in [3.05, 3.63) is 26.6 Å². The van der Waals surface area contributed by atoms with Crippen molar-refractivity contribution in [1.29, 1.82) is 10.5 Å². The summed E-state index contributed by atoms with van der Waals surface area (Å²) in [6.45, 7) is 0. The molecule has 3 nitrogen and oxygen atoms in total. The second kappa shape index (κ2) is 4.99. The van der Waals surface area contributed by atoms with E-state index in [0.717, 1.165) is 0 Å². The number of rotatable bonds is 2. The van der Waals surface area contributed by atoms with Crippen LogP contribution in [0.1, 0.15) is 23.4 Å². The number of nitriles is 2. The third-order valence-electron chi connectivity index (χ3n) is 1.68. The van der Waals surface area contributed by atoms with Gasteiger partial charge in [-0.25, -0.2) is 13.8 Å². The predicted molar refractivity (Wildman–Crippen MR) is 55.9 cm³/mol. The number of alkyl halides is 2. The molecule has 15 heavy (non-hydrogen) atoms. The van der Waals surface area contributed by atoms with Gasteiger partial charge in [0.15, 0.2) is 0 Å². The molecule has 0 unspecified atom stereocenters. The first-order valence-electron chi connectivity index (χ1n) is 3.84. The van der Waals surface area contributed by atoms with Gasteiger partial charge in [0.2, 0.25) is 0 Å². The highest BCUT2D eigenvalue weighted by Crippen LogP contribution is 2.25. The van der Waals surface area contributed by atoms with Gasteiger partial charge in [0.05, 0.1) is 12.5 Å². The molecule has 0 bridgehead atoms. The Morgan fingerprint density at radius 2 is 2.13 bits per heavy atom. The molecule has 0 saturated carbocycles. The van der Waals surface area contributed by atoms with Crippen LogP contribution in [0.15, 0.2) is 6.07 Å². The summed E-state index contributed by atoms with van der Waals surface area (Å²) >= 11 is 1.82. The first-order valence-corrected chi connectivity index (χ1v) is 4.92. The van der Waals surface area contributed by atoms with Crippen LogP contribution in [0.2, 0.25) is 0 Å². The average Bonchev–Trinajstić information content (AvgIpc) is 2.20. The van der Waals surface area contributed by atoms with Crippen LogP contribution in [0.4, 0.5) is 8.78 Å². The number of halogens is 3. The van der Waals surface area contributed by atoms with Crippen LogP contribution in [0, 0.1) is 26.2 Å². The van der Waals surface area contributed by atoms with E-state index in [2.05, 4.69) is 4.98 Å². The quantitative estimate of drug-likeness (QED) is 0.787. The molecule has 76 valence electrons. The number of hydrogen-bond acceptors (Lipinski definition) is 3. The summed E-state index contributed by atoms with van der Waals surface area (Å²) in [5.41, 5.74) is -0.330. The minimum absolute atomic E-state index is 0.0589. The van der Waals surface area contributed by atoms with Crippen LogP contribution in [0.25, 0.3) is 0 Å². The number of hydrogen-bond donors (Lipinski definition) is 0. The summed E-state index contributed by atoms with van der Waals surface area (Å²) in [6.07, 6.45) is -2.90. The summed E-state index contributed by atoms with van der Waals surface area (Å²) in [7, 11) is 0. The number of nitrogens with zero attached hydrogens (tertiary/aromatic N) is 3. The molecule has 0 saturated heterocycles. The van der Waals surface area contributed by atoms with Gasteiger partial charge in [-0.2, -0.15) is 10.5 Å². The minimum atomic E-state index is -2.77. The molecule has 0 aliphatic heterocycles. The predicted octanol–water partition coefficient (Wildman–Crippen LogP) is 2.56. The normalized spacial score (nSPS) is 9.73. The van der Waals surface area contributed by atoms with Gasteiger partial charge in [-0.1, -0.05) is 0 Å². The molecule has 1 heterocycles. The van der Waals surface area contributed by atoms with E-state index in [1.54, 1.807) is 12.1 Å². The van der Waals surface area contributed by atoms with Crippen molar-refractivity contribution >= 4 is 22.6 Å². The zero-order valence-electron chi connectivity index (χ0n) is 7.34. The molecule has 1 aromatic heterocycles. The van der Waals surface area contributed by atoms with E-state index in [4.69, 9.17) is 10.5 Å². The lowest BCUT2D eigenvalue weighted by Gasteiger charge is -2.07. The molecule has 0 fully saturated rings. The van der Waals surface area contributed by atoms with E-state index in [9.17, 15) is 8.78 Å². The van der Waals surface area contributed by atoms with Gasteiger partial charge >= 0.3 is 0 Å². The fourth-order valence-electron chi connectivity index (χ4n) is 1.05. The second-order valence-corrected chi connectivity index (χ2v) is 3.76. The van der Waals surface area contributed by atoms with Crippen molar-refractivity contribution in [3.8, 4) is 12.1 Å². The first-order chi connectivity index (χ1) is 7.10. The summed E-state index contributed by atoms with van der Waals surface area (Å²) in [6, 6.07) is 4.88. The van der Waals surface area contributed by atoms with Crippen molar-refractivity contribution in [1.82, 2.24) is 4.98 Å². The fraction of sp³-hybridized carbons (Fsp3) is 0.222. The molecule has 0 aliphatic rings. The van der Waals surface area contributed by atoms with Crippen LogP contribution in [-0.4, -0.2) is 4.98 Å². The van der Waals surface area contributed by atoms with Gasteiger partial charge < -0.3 is 0 Å². The van der Waals surface area contributed by atoms with Crippen LogP contribution < -0.4 is 0 Å². The Kier molecular flexibility index (Phi) is 3.92. The van der Waals surface area contributed by atoms with Gasteiger partial charge in [0.25, 0.3) is 6.43 Å². The van der Waals surface area contributed by atoms with Gasteiger partial charge in [0.1, 0.15) is 17.5 Å². The maximum atomic E-state index is 12.6. The third kappa shape index (κ3) is 2.60. The fourth-order valence-corrected chi connectivity index (χ4v) is 1.81. The maximum Gasteiger partial charge on any atom is 0.280 e. The summed E-state index contributed by atoms with van der Waals surface area (Å²) in [5, 5.41) is 17.0. The maximum absolute atomic E-state index is 12.6. The lowest BCUT2D eigenvalue weighted by atomic mass is 10.1. The Balaban J connectivity index is 3.38. The molecule has 0 aliphatic carbocycles. The second-order valence-electron chi connectivity index (χ2n) is 2.60. The SMILES string of the molecule is N#CCc1c(I)cc(C#N)nc1C(F)F. The molecule has 1 rings (SSSR count). The largest absolute Gasteiger partial charge is 0.280 e. The highest BCUT2D eigenvalue weighted by Gasteiger charge is 2.18. The van der Waals surface area contributed by atoms with Gasteiger partial charge in [-0.3, -0.25) is 0 Å². The molecular formula is C9H4F2IN3. The molecule has 0 aromatic carbocycles. The lowest BCUT2D eigenvalue weighted by Crippen LogP contribution is -2.03. The van der Waals surface area contributed by atoms with Crippen molar-refractivity contribution in [3.63, 3.8) is 0 Å². The molecule has 0 N–H and O–H groups in total. The van der Waals surface area contributed by atoms with Gasteiger partial charge in [-0.15, -0.1) is 0 Å². The monoisotopic (exact) mass is 319 g/mol. The van der Waals surface area contributed by atoms with Crippen molar-refractivity contribution < 1.29 is 8.78 Å². The van der Waals surface area contributed by atoms with Gasteiger partial charge in [-0.05, 0) is 28.7 Å². The van der Waals surface area contributed by atoms with E-state index in [1.165, 1.54) is 6.07 Å². The third-order valence-corrected chi connectivity index (χ3v) is 2.64. The van der Waals surface area contributed by atoms with E-state index < -0.39 is 12.1 Å². The topological polar surface area (TPSA) is 60.5 Å². The van der Waals surface area contributed by atoms with Crippen molar-refractivity contribution in [2.45, 2.75) is 12.8 Å². The summed E-state index contributed by atoms with van der Waals surface area (Å²) in [4.78, 5) is 3.50. The smallest absolute Gasteiger partial charge is 0.236 e. The Morgan fingerprint density at radius 3 is 2.60 bits per heavy atom. The molecule has 0 spiro atoms. The Labute approximate surface area is 98.5 Å². The zero-order valence-corrected chi connectivity index (χ0v) is 9.49. The molecule has 0 radical (unpaired) electrons. The van der Waals surface area contributed by atoms with Crippen molar-refractivity contribution in [2.24, 2.45) is 0 Å². The molecule has 0 amide bonds. The average molecular weight is 319 g/mol. The highest BCUT2D eigenvalue weighted by atomic mass is 127. The van der Waals surface area contributed by atoms with Crippen LogP contribution >= 0.6 is 22.6 Å². The van der Waals surface area contributed by atoms with Crippen LogP contribution in [0.3, 0.4) is 0 Å². The Bertz CT molecular complexity index is 460. The molecule has 1 aromatic rings. The van der Waals surface area contributed by atoms with Gasteiger partial charge in [0, 0.05) is 9.13 Å². The number of aromatic nitrogens is 1. The first kappa shape index (κ1) is 11.8. The molecule has 6 heteroatoms. The van der Waals surface area contributed by atoms with Crippen molar-refractivity contribution in [2.75, 3.05) is 0 Å². The van der Waals surface area contributed by atoms with E-state index in [1.807, 2.05) is 22.6 Å². The minimum Gasteiger partial charge on any atom is -0.236 e.